The normalized spacial score (nSPS) is 14.1. The standard InChI is InChI=1S/C13H23N3O3/c1-4-7-16-8-6-14-11(12(16)17)15-10-13(2,18)5-9-19-3/h6,8,18H,4-5,7,9-10H2,1-3H3,(H,14,15). The van der Waals surface area contributed by atoms with Crippen LogP contribution in [0.4, 0.5) is 5.82 Å². The maximum absolute atomic E-state index is 12.0. The predicted molar refractivity (Wildman–Crippen MR) is 74.4 cm³/mol. The molecule has 0 aromatic carbocycles. The molecule has 0 saturated heterocycles. The van der Waals surface area contributed by atoms with Crippen molar-refractivity contribution < 1.29 is 9.84 Å². The van der Waals surface area contributed by atoms with Crippen LogP contribution >= 0.6 is 0 Å². The van der Waals surface area contributed by atoms with E-state index in [0.717, 1.165) is 6.42 Å². The summed E-state index contributed by atoms with van der Waals surface area (Å²) in [6.07, 6.45) is 4.63. The van der Waals surface area contributed by atoms with Gasteiger partial charge in [0.25, 0.3) is 5.56 Å². The number of methoxy groups -OCH3 is 1. The molecule has 0 bridgehead atoms. The number of hydrogen-bond donors (Lipinski definition) is 2. The summed E-state index contributed by atoms with van der Waals surface area (Å²) in [5.41, 5.74) is -1.10. The number of aryl methyl sites for hydroxylation is 1. The first-order valence-electron chi connectivity index (χ1n) is 6.51. The Bertz CT molecular complexity index is 443. The molecule has 0 fully saturated rings. The van der Waals surface area contributed by atoms with Crippen LogP contribution in [0.2, 0.25) is 0 Å². The fourth-order valence-electron chi connectivity index (χ4n) is 1.67. The minimum absolute atomic E-state index is 0.160. The first-order valence-corrected chi connectivity index (χ1v) is 6.51. The number of aliphatic hydroxyl groups is 1. The first-order chi connectivity index (χ1) is 9.00. The van der Waals surface area contributed by atoms with Crippen LogP contribution in [-0.4, -0.2) is 40.5 Å². The molecule has 0 spiro atoms. The summed E-state index contributed by atoms with van der Waals surface area (Å²) >= 11 is 0. The van der Waals surface area contributed by atoms with Gasteiger partial charge in [0.15, 0.2) is 5.82 Å². The van der Waals surface area contributed by atoms with Gasteiger partial charge < -0.3 is 19.7 Å². The monoisotopic (exact) mass is 269 g/mol. The minimum Gasteiger partial charge on any atom is -0.388 e. The molecule has 6 heteroatoms. The quantitative estimate of drug-likeness (QED) is 0.732. The third kappa shape index (κ3) is 5.00. The summed E-state index contributed by atoms with van der Waals surface area (Å²) < 4.78 is 6.55. The van der Waals surface area contributed by atoms with E-state index in [-0.39, 0.29) is 17.9 Å². The summed E-state index contributed by atoms with van der Waals surface area (Å²) in [6.45, 7) is 5.10. The second kappa shape index (κ2) is 7.25. The van der Waals surface area contributed by atoms with Gasteiger partial charge in [0.2, 0.25) is 0 Å². The van der Waals surface area contributed by atoms with Crippen molar-refractivity contribution in [3.05, 3.63) is 22.7 Å². The Morgan fingerprint density at radius 3 is 2.95 bits per heavy atom. The van der Waals surface area contributed by atoms with E-state index in [1.165, 1.54) is 0 Å². The zero-order chi connectivity index (χ0) is 14.3. The maximum atomic E-state index is 12.0. The average Bonchev–Trinajstić information content (AvgIpc) is 2.38. The molecule has 2 N–H and O–H groups in total. The molecule has 1 heterocycles. The highest BCUT2D eigenvalue weighted by atomic mass is 16.5. The molecule has 1 unspecified atom stereocenters. The number of aromatic nitrogens is 2. The molecule has 19 heavy (non-hydrogen) atoms. The van der Waals surface area contributed by atoms with Gasteiger partial charge in [-0.25, -0.2) is 4.98 Å². The summed E-state index contributed by atoms with van der Waals surface area (Å²) in [7, 11) is 1.59. The van der Waals surface area contributed by atoms with Gasteiger partial charge in [-0.15, -0.1) is 0 Å². The van der Waals surface area contributed by atoms with Crippen LogP contribution in [-0.2, 0) is 11.3 Å². The predicted octanol–water partition coefficient (Wildman–Crippen LogP) is 0.853. The van der Waals surface area contributed by atoms with Crippen molar-refractivity contribution in [1.29, 1.82) is 0 Å². The molecule has 0 radical (unpaired) electrons. The van der Waals surface area contributed by atoms with Gasteiger partial charge in [-0.1, -0.05) is 6.92 Å². The van der Waals surface area contributed by atoms with Crippen LogP contribution < -0.4 is 10.9 Å². The van der Waals surface area contributed by atoms with E-state index < -0.39 is 5.60 Å². The van der Waals surface area contributed by atoms with E-state index >= 15 is 0 Å². The van der Waals surface area contributed by atoms with Gasteiger partial charge in [-0.3, -0.25) is 4.79 Å². The van der Waals surface area contributed by atoms with Crippen LogP contribution in [0.5, 0.6) is 0 Å². The lowest BCUT2D eigenvalue weighted by molar-refractivity contribution is 0.0356. The molecule has 0 saturated carbocycles. The Labute approximate surface area is 113 Å². The van der Waals surface area contributed by atoms with Gasteiger partial charge >= 0.3 is 0 Å². The number of anilines is 1. The molecular weight excluding hydrogens is 246 g/mol. The van der Waals surface area contributed by atoms with E-state index in [2.05, 4.69) is 10.3 Å². The van der Waals surface area contributed by atoms with Crippen LogP contribution in [0.1, 0.15) is 26.7 Å². The lowest BCUT2D eigenvalue weighted by Gasteiger charge is -2.23. The second-order valence-electron chi connectivity index (χ2n) is 4.87. The Hall–Kier alpha value is -1.40. The lowest BCUT2D eigenvalue weighted by atomic mass is 10.0. The Morgan fingerprint density at radius 1 is 1.58 bits per heavy atom. The lowest BCUT2D eigenvalue weighted by Crippen LogP contribution is -2.36. The van der Waals surface area contributed by atoms with Crippen molar-refractivity contribution in [2.45, 2.75) is 38.8 Å². The maximum Gasteiger partial charge on any atom is 0.293 e. The molecule has 1 atom stereocenters. The van der Waals surface area contributed by atoms with E-state index in [1.54, 1.807) is 31.0 Å². The summed E-state index contributed by atoms with van der Waals surface area (Å²) in [6, 6.07) is 0. The van der Waals surface area contributed by atoms with Crippen molar-refractivity contribution in [2.24, 2.45) is 0 Å². The molecule has 1 aromatic rings. The first kappa shape index (κ1) is 15.7. The van der Waals surface area contributed by atoms with Crippen molar-refractivity contribution >= 4 is 5.82 Å². The SMILES string of the molecule is CCCn1ccnc(NCC(C)(O)CCOC)c1=O. The number of hydrogen-bond acceptors (Lipinski definition) is 5. The topological polar surface area (TPSA) is 76.4 Å². The molecule has 6 nitrogen and oxygen atoms in total. The van der Waals surface area contributed by atoms with Crippen LogP contribution in [0.25, 0.3) is 0 Å². The third-order valence-corrected chi connectivity index (χ3v) is 2.86. The van der Waals surface area contributed by atoms with E-state index in [1.807, 2.05) is 6.92 Å². The number of rotatable bonds is 8. The van der Waals surface area contributed by atoms with Crippen LogP contribution in [0.3, 0.4) is 0 Å². The minimum atomic E-state index is -0.935. The molecule has 0 aliphatic rings. The Morgan fingerprint density at radius 2 is 2.32 bits per heavy atom. The van der Waals surface area contributed by atoms with E-state index in [4.69, 9.17) is 4.74 Å². The van der Waals surface area contributed by atoms with Crippen LogP contribution in [0.15, 0.2) is 17.2 Å². The number of nitrogens with zero attached hydrogens (tertiary/aromatic N) is 2. The van der Waals surface area contributed by atoms with Gasteiger partial charge in [0.05, 0.1) is 5.60 Å². The molecule has 0 aliphatic heterocycles. The summed E-state index contributed by atoms with van der Waals surface area (Å²) in [4.78, 5) is 16.0. The fraction of sp³-hybridized carbons (Fsp3) is 0.692. The largest absolute Gasteiger partial charge is 0.388 e. The zero-order valence-electron chi connectivity index (χ0n) is 11.8. The molecule has 0 amide bonds. The van der Waals surface area contributed by atoms with Crippen molar-refractivity contribution in [3.8, 4) is 0 Å². The number of ether oxygens (including phenoxy) is 1. The molecule has 108 valence electrons. The van der Waals surface area contributed by atoms with Gasteiger partial charge in [0, 0.05) is 45.6 Å². The smallest absolute Gasteiger partial charge is 0.293 e. The van der Waals surface area contributed by atoms with Crippen molar-refractivity contribution in [2.75, 3.05) is 25.6 Å². The highest BCUT2D eigenvalue weighted by Gasteiger charge is 2.20. The highest BCUT2D eigenvalue weighted by molar-refractivity contribution is 5.31. The Balaban J connectivity index is 2.67. The average molecular weight is 269 g/mol. The summed E-state index contributed by atoms with van der Waals surface area (Å²) in [5, 5.41) is 13.0. The van der Waals surface area contributed by atoms with E-state index in [0.29, 0.717) is 19.6 Å². The van der Waals surface area contributed by atoms with Crippen molar-refractivity contribution in [3.63, 3.8) is 0 Å². The van der Waals surface area contributed by atoms with Gasteiger partial charge in [-0.05, 0) is 13.3 Å². The molecule has 1 rings (SSSR count). The number of nitrogens with one attached hydrogen (secondary N) is 1. The van der Waals surface area contributed by atoms with Crippen LogP contribution in [0, 0.1) is 0 Å². The second-order valence-corrected chi connectivity index (χ2v) is 4.87. The van der Waals surface area contributed by atoms with Gasteiger partial charge in [0.1, 0.15) is 0 Å². The molecule has 0 aliphatic carbocycles. The Kier molecular flexibility index (Phi) is 5.98. The van der Waals surface area contributed by atoms with E-state index in [9.17, 15) is 9.90 Å². The van der Waals surface area contributed by atoms with Crippen molar-refractivity contribution in [1.82, 2.24) is 9.55 Å². The summed E-state index contributed by atoms with van der Waals surface area (Å²) in [5.74, 6) is 0.272. The molecular formula is C13H23N3O3. The zero-order valence-corrected chi connectivity index (χ0v) is 11.8. The third-order valence-electron chi connectivity index (χ3n) is 2.86. The highest BCUT2D eigenvalue weighted by Crippen LogP contribution is 2.09. The van der Waals surface area contributed by atoms with Gasteiger partial charge in [-0.2, -0.15) is 0 Å². The fourth-order valence-corrected chi connectivity index (χ4v) is 1.67. The molecule has 1 aromatic heterocycles.